The minimum Gasteiger partial charge on any atom is -0.363 e. The Balaban J connectivity index is 2.24. The molecule has 5 nitrogen and oxygen atoms in total. The Morgan fingerprint density at radius 2 is 1.85 bits per heavy atom. The molecule has 6 heteroatoms. The van der Waals surface area contributed by atoms with Crippen LogP contribution in [0.5, 0.6) is 0 Å². The molecule has 2 aromatic rings. The molecule has 2 aromatic heterocycles. The zero-order chi connectivity index (χ0) is 14.6. The molecule has 0 spiro atoms. The third kappa shape index (κ3) is 3.33. The van der Waals surface area contributed by atoms with Gasteiger partial charge in [0.1, 0.15) is 10.7 Å². The van der Waals surface area contributed by atoms with Gasteiger partial charge in [-0.2, -0.15) is 0 Å². The topological polar surface area (TPSA) is 72.0 Å². The number of rotatable bonds is 5. The van der Waals surface area contributed by atoms with E-state index in [9.17, 15) is 8.42 Å². The SMILES string of the molecule is CCc1cccnc1CNc1ncccc1S(C)(=O)=O. The third-order valence-electron chi connectivity index (χ3n) is 2.96. The lowest BCUT2D eigenvalue weighted by atomic mass is 10.1. The molecular weight excluding hydrogens is 274 g/mol. The van der Waals surface area contributed by atoms with E-state index in [1.807, 2.05) is 12.1 Å². The Kier molecular flexibility index (Phi) is 4.34. The van der Waals surface area contributed by atoms with E-state index >= 15 is 0 Å². The Bertz CT molecular complexity index is 699. The van der Waals surface area contributed by atoms with Crippen molar-refractivity contribution in [2.45, 2.75) is 24.8 Å². The summed E-state index contributed by atoms with van der Waals surface area (Å²) in [4.78, 5) is 8.62. The highest BCUT2D eigenvalue weighted by Gasteiger charge is 2.14. The van der Waals surface area contributed by atoms with Gasteiger partial charge in [0.2, 0.25) is 0 Å². The van der Waals surface area contributed by atoms with Crippen molar-refractivity contribution >= 4 is 15.7 Å². The van der Waals surface area contributed by atoms with Crippen LogP contribution in [0.2, 0.25) is 0 Å². The highest BCUT2D eigenvalue weighted by Crippen LogP contribution is 2.18. The number of sulfone groups is 1. The second kappa shape index (κ2) is 6.00. The molecular formula is C14H17N3O2S. The first-order valence-corrected chi connectivity index (χ1v) is 8.23. The minimum atomic E-state index is -3.30. The normalized spacial score (nSPS) is 11.3. The van der Waals surface area contributed by atoms with Gasteiger partial charge in [0, 0.05) is 18.6 Å². The summed E-state index contributed by atoms with van der Waals surface area (Å²) in [5, 5.41) is 3.06. The van der Waals surface area contributed by atoms with Crippen LogP contribution in [0.1, 0.15) is 18.2 Å². The molecule has 0 aliphatic carbocycles. The van der Waals surface area contributed by atoms with Gasteiger partial charge in [0.15, 0.2) is 9.84 Å². The van der Waals surface area contributed by atoms with Crippen LogP contribution in [0.25, 0.3) is 0 Å². The largest absolute Gasteiger partial charge is 0.363 e. The molecule has 2 rings (SSSR count). The van der Waals surface area contributed by atoms with E-state index in [1.165, 1.54) is 6.26 Å². The van der Waals surface area contributed by atoms with Crippen LogP contribution in [0.3, 0.4) is 0 Å². The van der Waals surface area contributed by atoms with Crippen molar-refractivity contribution in [1.82, 2.24) is 9.97 Å². The second-order valence-electron chi connectivity index (χ2n) is 4.44. The van der Waals surface area contributed by atoms with E-state index in [0.717, 1.165) is 17.7 Å². The summed E-state index contributed by atoms with van der Waals surface area (Å²) in [5.41, 5.74) is 2.04. The predicted molar refractivity (Wildman–Crippen MR) is 78.3 cm³/mol. The molecule has 0 aromatic carbocycles. The lowest BCUT2D eigenvalue weighted by molar-refractivity contribution is 0.601. The van der Waals surface area contributed by atoms with Crippen LogP contribution in [0, 0.1) is 0 Å². The van der Waals surface area contributed by atoms with Crippen LogP contribution < -0.4 is 5.32 Å². The Morgan fingerprint density at radius 3 is 2.55 bits per heavy atom. The predicted octanol–water partition coefficient (Wildman–Crippen LogP) is 2.05. The standard InChI is InChI=1S/C14H17N3O2S/c1-3-11-6-4-8-15-12(11)10-17-14-13(20(2,18)19)7-5-9-16-14/h4-9H,3,10H2,1-2H3,(H,16,17). The number of aryl methyl sites for hydroxylation is 1. The number of nitrogens with one attached hydrogen (secondary N) is 1. The summed E-state index contributed by atoms with van der Waals surface area (Å²) in [6.07, 6.45) is 5.35. The van der Waals surface area contributed by atoms with Gasteiger partial charge in [-0.25, -0.2) is 13.4 Å². The highest BCUT2D eigenvalue weighted by molar-refractivity contribution is 7.90. The molecule has 0 saturated carbocycles. The molecule has 0 fully saturated rings. The molecule has 0 bridgehead atoms. The van der Waals surface area contributed by atoms with Gasteiger partial charge in [0.25, 0.3) is 0 Å². The fraction of sp³-hybridized carbons (Fsp3) is 0.286. The molecule has 0 atom stereocenters. The molecule has 106 valence electrons. The molecule has 0 radical (unpaired) electrons. The molecule has 0 aliphatic rings. The molecule has 0 amide bonds. The van der Waals surface area contributed by atoms with E-state index in [1.54, 1.807) is 24.5 Å². The van der Waals surface area contributed by atoms with E-state index in [0.29, 0.717) is 12.4 Å². The maximum Gasteiger partial charge on any atom is 0.179 e. The Hall–Kier alpha value is -1.95. The van der Waals surface area contributed by atoms with E-state index in [4.69, 9.17) is 0 Å². The van der Waals surface area contributed by atoms with Crippen molar-refractivity contribution in [3.63, 3.8) is 0 Å². The number of anilines is 1. The molecule has 20 heavy (non-hydrogen) atoms. The lowest BCUT2D eigenvalue weighted by Gasteiger charge is -2.11. The summed E-state index contributed by atoms with van der Waals surface area (Å²) >= 11 is 0. The monoisotopic (exact) mass is 291 g/mol. The van der Waals surface area contributed by atoms with Crippen LogP contribution in [-0.2, 0) is 22.8 Å². The zero-order valence-corrected chi connectivity index (χ0v) is 12.3. The van der Waals surface area contributed by atoms with Crippen molar-refractivity contribution in [1.29, 1.82) is 0 Å². The van der Waals surface area contributed by atoms with Gasteiger partial charge in [-0.15, -0.1) is 0 Å². The average molecular weight is 291 g/mol. The van der Waals surface area contributed by atoms with Gasteiger partial charge in [-0.05, 0) is 30.2 Å². The number of pyridine rings is 2. The second-order valence-corrected chi connectivity index (χ2v) is 6.42. The summed E-state index contributed by atoms with van der Waals surface area (Å²) in [7, 11) is -3.30. The Morgan fingerprint density at radius 1 is 1.15 bits per heavy atom. The number of aromatic nitrogens is 2. The van der Waals surface area contributed by atoms with Crippen molar-refractivity contribution in [2.24, 2.45) is 0 Å². The molecule has 0 saturated heterocycles. The Labute approximate surface area is 119 Å². The molecule has 0 unspecified atom stereocenters. The number of hydrogen-bond acceptors (Lipinski definition) is 5. The summed E-state index contributed by atoms with van der Waals surface area (Å²) in [5.74, 6) is 0.364. The lowest BCUT2D eigenvalue weighted by Crippen LogP contribution is -2.10. The molecule has 2 heterocycles. The van der Waals surface area contributed by atoms with Crippen LogP contribution >= 0.6 is 0 Å². The van der Waals surface area contributed by atoms with Crippen molar-refractivity contribution in [2.75, 3.05) is 11.6 Å². The van der Waals surface area contributed by atoms with Gasteiger partial charge < -0.3 is 5.32 Å². The van der Waals surface area contributed by atoms with Gasteiger partial charge in [-0.3, -0.25) is 4.98 Å². The maximum absolute atomic E-state index is 11.7. The third-order valence-corrected chi connectivity index (χ3v) is 4.09. The first-order chi connectivity index (χ1) is 9.52. The first kappa shape index (κ1) is 14.5. The smallest absolute Gasteiger partial charge is 0.179 e. The molecule has 0 aliphatic heterocycles. The quantitative estimate of drug-likeness (QED) is 0.913. The van der Waals surface area contributed by atoms with Crippen molar-refractivity contribution in [3.05, 3.63) is 47.9 Å². The zero-order valence-electron chi connectivity index (χ0n) is 11.5. The van der Waals surface area contributed by atoms with Crippen LogP contribution in [0.15, 0.2) is 41.6 Å². The van der Waals surface area contributed by atoms with Crippen molar-refractivity contribution < 1.29 is 8.42 Å². The van der Waals surface area contributed by atoms with Gasteiger partial charge in [0.05, 0.1) is 12.2 Å². The fourth-order valence-corrected chi connectivity index (χ4v) is 2.74. The first-order valence-electron chi connectivity index (χ1n) is 6.34. The van der Waals surface area contributed by atoms with Gasteiger partial charge >= 0.3 is 0 Å². The van der Waals surface area contributed by atoms with E-state index in [2.05, 4.69) is 22.2 Å². The van der Waals surface area contributed by atoms with Crippen LogP contribution in [0.4, 0.5) is 5.82 Å². The fourth-order valence-electron chi connectivity index (χ4n) is 1.94. The average Bonchev–Trinajstić information content (AvgIpc) is 2.44. The minimum absolute atomic E-state index is 0.203. The van der Waals surface area contributed by atoms with Crippen LogP contribution in [-0.4, -0.2) is 24.6 Å². The summed E-state index contributed by atoms with van der Waals surface area (Å²) < 4.78 is 23.4. The highest BCUT2D eigenvalue weighted by atomic mass is 32.2. The number of nitrogens with zero attached hydrogens (tertiary/aromatic N) is 2. The summed E-state index contributed by atoms with van der Waals surface area (Å²) in [6.45, 7) is 2.51. The van der Waals surface area contributed by atoms with E-state index in [-0.39, 0.29) is 4.90 Å². The van der Waals surface area contributed by atoms with Gasteiger partial charge in [-0.1, -0.05) is 13.0 Å². The molecule has 1 N–H and O–H groups in total. The van der Waals surface area contributed by atoms with Crippen molar-refractivity contribution in [3.8, 4) is 0 Å². The summed E-state index contributed by atoms with van der Waals surface area (Å²) in [6, 6.07) is 7.06. The maximum atomic E-state index is 11.7. The van der Waals surface area contributed by atoms with E-state index < -0.39 is 9.84 Å². The number of hydrogen-bond donors (Lipinski definition) is 1.